The summed E-state index contributed by atoms with van der Waals surface area (Å²) in [5.74, 6) is -0.372. The summed E-state index contributed by atoms with van der Waals surface area (Å²) in [6, 6.07) is 14.3. The average Bonchev–Trinajstić information content (AvgIpc) is 2.99. The number of alkyl halides is 3. The Hall–Kier alpha value is -3.99. The maximum Gasteiger partial charge on any atom is 0.416 e. The molecule has 7 nitrogen and oxygen atoms in total. The van der Waals surface area contributed by atoms with Gasteiger partial charge in [-0.05, 0) is 66.9 Å². The molecule has 0 bridgehead atoms. The molecule has 0 saturated carbocycles. The van der Waals surface area contributed by atoms with Gasteiger partial charge >= 0.3 is 6.18 Å². The lowest BCUT2D eigenvalue weighted by Gasteiger charge is -2.32. The minimum atomic E-state index is -4.40. The SMILES string of the molecule is O=C(NC1CCN(Cc2ccc(F)cc2)CC1)c1ccc(C(=O)N2CCC(Oc3ccc(C(F)(F)F)cc3)CC2)cn1. The second-order valence-electron chi connectivity index (χ2n) is 10.7. The zero-order valence-electron chi connectivity index (χ0n) is 22.9. The van der Waals surface area contributed by atoms with Crippen LogP contribution in [0.2, 0.25) is 0 Å². The van der Waals surface area contributed by atoms with Gasteiger partial charge in [0.05, 0.1) is 11.1 Å². The van der Waals surface area contributed by atoms with Crippen molar-refractivity contribution in [2.45, 2.75) is 50.6 Å². The third kappa shape index (κ3) is 7.64. The summed E-state index contributed by atoms with van der Waals surface area (Å²) >= 11 is 0. The van der Waals surface area contributed by atoms with Gasteiger partial charge in [-0.3, -0.25) is 19.5 Å². The van der Waals surface area contributed by atoms with E-state index in [9.17, 15) is 27.2 Å². The number of nitrogens with one attached hydrogen (secondary N) is 1. The van der Waals surface area contributed by atoms with Crippen molar-refractivity contribution in [2.24, 2.45) is 0 Å². The number of piperidine rings is 2. The van der Waals surface area contributed by atoms with E-state index in [1.54, 1.807) is 29.2 Å². The van der Waals surface area contributed by atoms with E-state index in [4.69, 9.17) is 4.74 Å². The molecule has 2 amide bonds. The van der Waals surface area contributed by atoms with Gasteiger partial charge in [0.2, 0.25) is 0 Å². The van der Waals surface area contributed by atoms with Crippen LogP contribution in [0.15, 0.2) is 66.9 Å². The predicted octanol–water partition coefficient (Wildman–Crippen LogP) is 5.32. The number of halogens is 4. The van der Waals surface area contributed by atoms with Gasteiger partial charge in [0.15, 0.2) is 0 Å². The Morgan fingerprint density at radius 2 is 1.55 bits per heavy atom. The minimum Gasteiger partial charge on any atom is -0.490 e. The largest absolute Gasteiger partial charge is 0.490 e. The molecule has 1 aromatic heterocycles. The number of rotatable bonds is 7. The highest BCUT2D eigenvalue weighted by Crippen LogP contribution is 2.31. The lowest BCUT2D eigenvalue weighted by atomic mass is 10.0. The van der Waals surface area contributed by atoms with Crippen LogP contribution in [0.3, 0.4) is 0 Å². The molecule has 222 valence electrons. The summed E-state index contributed by atoms with van der Waals surface area (Å²) < 4.78 is 57.2. The van der Waals surface area contributed by atoms with Crippen LogP contribution in [0.5, 0.6) is 5.75 Å². The van der Waals surface area contributed by atoms with E-state index in [0.717, 1.165) is 50.2 Å². The quantitative estimate of drug-likeness (QED) is 0.381. The highest BCUT2D eigenvalue weighted by molar-refractivity contribution is 5.96. The normalized spacial score (nSPS) is 17.2. The van der Waals surface area contributed by atoms with E-state index in [2.05, 4.69) is 15.2 Å². The molecular weight excluding hydrogens is 552 g/mol. The maximum absolute atomic E-state index is 13.1. The second kappa shape index (κ2) is 12.9. The molecule has 2 saturated heterocycles. The van der Waals surface area contributed by atoms with Gasteiger partial charge in [-0.25, -0.2) is 4.39 Å². The molecule has 0 aliphatic carbocycles. The predicted molar refractivity (Wildman–Crippen MR) is 147 cm³/mol. The van der Waals surface area contributed by atoms with E-state index < -0.39 is 11.7 Å². The number of pyridine rings is 1. The van der Waals surface area contributed by atoms with Gasteiger partial charge in [-0.1, -0.05) is 12.1 Å². The van der Waals surface area contributed by atoms with Crippen LogP contribution in [0, 0.1) is 5.82 Å². The smallest absolute Gasteiger partial charge is 0.416 e. The van der Waals surface area contributed by atoms with Crippen molar-refractivity contribution >= 4 is 11.8 Å². The van der Waals surface area contributed by atoms with Gasteiger partial charge in [0, 0.05) is 57.8 Å². The second-order valence-corrected chi connectivity index (χ2v) is 10.7. The molecule has 2 aliphatic heterocycles. The number of likely N-dealkylation sites (tertiary alicyclic amines) is 2. The first-order valence-corrected chi connectivity index (χ1v) is 14.0. The molecule has 2 fully saturated rings. The number of aromatic nitrogens is 1. The fraction of sp³-hybridized carbons (Fsp3) is 0.387. The van der Waals surface area contributed by atoms with Crippen molar-refractivity contribution in [1.82, 2.24) is 20.1 Å². The van der Waals surface area contributed by atoms with Crippen LogP contribution in [0.25, 0.3) is 0 Å². The molecule has 1 N–H and O–H groups in total. The van der Waals surface area contributed by atoms with Gasteiger partial charge < -0.3 is 15.0 Å². The monoisotopic (exact) mass is 584 g/mol. The molecule has 0 unspecified atom stereocenters. The van der Waals surface area contributed by atoms with Crippen LogP contribution in [-0.2, 0) is 12.7 Å². The van der Waals surface area contributed by atoms with Crippen LogP contribution in [0.4, 0.5) is 17.6 Å². The Labute approximate surface area is 241 Å². The van der Waals surface area contributed by atoms with Crippen molar-refractivity contribution in [2.75, 3.05) is 26.2 Å². The summed E-state index contributed by atoms with van der Waals surface area (Å²) in [6.07, 6.45) is -0.512. The lowest BCUT2D eigenvalue weighted by Crippen LogP contribution is -2.44. The summed E-state index contributed by atoms with van der Waals surface area (Å²) in [5.41, 5.74) is 0.938. The highest BCUT2D eigenvalue weighted by atomic mass is 19.4. The third-order valence-electron chi connectivity index (χ3n) is 7.70. The van der Waals surface area contributed by atoms with Crippen molar-refractivity contribution < 1.29 is 31.9 Å². The van der Waals surface area contributed by atoms with E-state index in [0.29, 0.717) is 37.2 Å². The van der Waals surface area contributed by atoms with E-state index in [1.807, 2.05) is 0 Å². The Balaban J connectivity index is 1.05. The fourth-order valence-electron chi connectivity index (χ4n) is 5.27. The van der Waals surface area contributed by atoms with Crippen molar-refractivity contribution in [3.63, 3.8) is 0 Å². The Morgan fingerprint density at radius 1 is 0.881 bits per heavy atom. The third-order valence-corrected chi connectivity index (χ3v) is 7.70. The average molecular weight is 585 g/mol. The minimum absolute atomic E-state index is 0.0242. The molecule has 0 atom stereocenters. The molecule has 3 heterocycles. The number of amides is 2. The molecule has 11 heteroatoms. The van der Waals surface area contributed by atoms with Crippen LogP contribution < -0.4 is 10.1 Å². The van der Waals surface area contributed by atoms with Crippen LogP contribution >= 0.6 is 0 Å². The van der Waals surface area contributed by atoms with Crippen LogP contribution in [-0.4, -0.2) is 64.9 Å². The number of hydrogen-bond acceptors (Lipinski definition) is 5. The summed E-state index contributed by atoms with van der Waals surface area (Å²) in [5, 5.41) is 3.03. The first-order valence-electron chi connectivity index (χ1n) is 14.0. The first-order chi connectivity index (χ1) is 20.1. The number of ether oxygens (including phenoxy) is 1. The lowest BCUT2D eigenvalue weighted by molar-refractivity contribution is -0.137. The van der Waals surface area contributed by atoms with Gasteiger partial charge in [-0.2, -0.15) is 13.2 Å². The topological polar surface area (TPSA) is 74.8 Å². The standard InChI is InChI=1S/C31H32F4N4O3/c32-24-6-1-21(2-7-24)20-38-15-11-25(12-16-38)37-29(40)28-10-3-22(19-36-28)30(41)39-17-13-27(14-18-39)42-26-8-4-23(5-9-26)31(33,34)35/h1-10,19,25,27H,11-18,20H2,(H,37,40). The van der Waals surface area contributed by atoms with E-state index in [-0.39, 0.29) is 35.5 Å². The number of hydrogen-bond donors (Lipinski definition) is 1. The highest BCUT2D eigenvalue weighted by Gasteiger charge is 2.30. The summed E-state index contributed by atoms with van der Waals surface area (Å²) in [7, 11) is 0. The number of benzene rings is 2. The Morgan fingerprint density at radius 3 is 2.14 bits per heavy atom. The van der Waals surface area contributed by atoms with Gasteiger partial charge in [-0.15, -0.1) is 0 Å². The van der Waals surface area contributed by atoms with Crippen LogP contribution in [0.1, 0.15) is 57.7 Å². The van der Waals surface area contributed by atoms with Crippen molar-refractivity contribution in [1.29, 1.82) is 0 Å². The summed E-state index contributed by atoms with van der Waals surface area (Å²) in [6.45, 7) is 3.24. The maximum atomic E-state index is 13.1. The van der Waals surface area contributed by atoms with Crippen molar-refractivity contribution in [3.05, 3.63) is 95.1 Å². The molecule has 0 spiro atoms. The Kier molecular flexibility index (Phi) is 9.06. The van der Waals surface area contributed by atoms with E-state index >= 15 is 0 Å². The number of carbonyl (C=O) groups excluding carboxylic acids is 2. The fourth-order valence-corrected chi connectivity index (χ4v) is 5.27. The van der Waals surface area contributed by atoms with E-state index in [1.165, 1.54) is 30.5 Å². The van der Waals surface area contributed by atoms with Gasteiger partial charge in [0.25, 0.3) is 11.8 Å². The number of nitrogens with zero attached hydrogens (tertiary/aromatic N) is 3. The van der Waals surface area contributed by atoms with Gasteiger partial charge in [0.1, 0.15) is 23.4 Å². The zero-order chi connectivity index (χ0) is 29.7. The molecule has 3 aromatic rings. The van der Waals surface area contributed by atoms with Crippen molar-refractivity contribution in [3.8, 4) is 5.75 Å². The summed E-state index contributed by atoms with van der Waals surface area (Å²) in [4.78, 5) is 33.9. The molecule has 2 aliphatic rings. The zero-order valence-corrected chi connectivity index (χ0v) is 22.9. The molecule has 5 rings (SSSR count). The molecule has 42 heavy (non-hydrogen) atoms. The molecule has 0 radical (unpaired) electrons. The number of carbonyl (C=O) groups is 2. The molecular formula is C31H32F4N4O3. The molecule has 2 aromatic carbocycles. The Bertz CT molecular complexity index is 1350. The first kappa shape index (κ1) is 29.5.